The lowest BCUT2D eigenvalue weighted by Gasteiger charge is -2.05. The Bertz CT molecular complexity index is 355. The summed E-state index contributed by atoms with van der Waals surface area (Å²) in [5.41, 5.74) is 0. The van der Waals surface area contributed by atoms with E-state index in [0.717, 1.165) is 19.5 Å². The molecule has 0 fully saturated rings. The SMILES string of the molecule is CCCCCCCCCCCCCCCCCC(=O)NC1=NCCN1. The number of amides is 1. The summed E-state index contributed by atoms with van der Waals surface area (Å²) in [6.45, 7) is 3.89. The molecule has 0 aliphatic carbocycles. The highest BCUT2D eigenvalue weighted by atomic mass is 16.1. The molecule has 0 spiro atoms. The minimum atomic E-state index is 0.0999. The molecule has 0 aromatic carbocycles. The number of unbranched alkanes of at least 4 members (excludes halogenated alkanes) is 14. The molecule has 0 unspecified atom stereocenters. The van der Waals surface area contributed by atoms with Gasteiger partial charge in [0.05, 0.1) is 6.54 Å². The number of carbonyl (C=O) groups is 1. The maximum atomic E-state index is 11.7. The molecule has 0 bridgehead atoms. The van der Waals surface area contributed by atoms with E-state index in [9.17, 15) is 4.79 Å². The van der Waals surface area contributed by atoms with E-state index < -0.39 is 0 Å². The number of rotatable bonds is 16. The summed E-state index contributed by atoms with van der Waals surface area (Å²) in [7, 11) is 0. The van der Waals surface area contributed by atoms with Gasteiger partial charge in [0, 0.05) is 13.0 Å². The van der Waals surface area contributed by atoms with Crippen molar-refractivity contribution in [1.82, 2.24) is 10.6 Å². The van der Waals surface area contributed by atoms with Crippen molar-refractivity contribution in [1.29, 1.82) is 0 Å². The van der Waals surface area contributed by atoms with Crippen molar-refractivity contribution in [3.8, 4) is 0 Å². The zero-order chi connectivity index (χ0) is 18.0. The molecule has 1 rings (SSSR count). The molecule has 0 aromatic rings. The van der Waals surface area contributed by atoms with Crippen LogP contribution in [0.2, 0.25) is 0 Å². The molecule has 0 atom stereocenters. The van der Waals surface area contributed by atoms with Crippen LogP contribution in [0.4, 0.5) is 0 Å². The van der Waals surface area contributed by atoms with Gasteiger partial charge in [-0.15, -0.1) is 0 Å². The highest BCUT2D eigenvalue weighted by Gasteiger charge is 2.08. The molecule has 25 heavy (non-hydrogen) atoms. The van der Waals surface area contributed by atoms with E-state index >= 15 is 0 Å². The molecule has 1 aliphatic heterocycles. The van der Waals surface area contributed by atoms with Crippen molar-refractivity contribution in [3.05, 3.63) is 0 Å². The molecular weight excluding hydrogens is 310 g/mol. The topological polar surface area (TPSA) is 53.5 Å². The molecule has 1 aliphatic rings. The monoisotopic (exact) mass is 351 g/mol. The van der Waals surface area contributed by atoms with E-state index in [-0.39, 0.29) is 5.91 Å². The Morgan fingerprint density at radius 2 is 1.32 bits per heavy atom. The standard InChI is InChI=1S/C21H41N3O/c1-2-3-4-5-6-7-8-9-10-11-12-13-14-15-16-17-20(25)24-21-22-18-19-23-21/h2-19H2,1H3,(H2,22,23,24,25). The molecule has 0 saturated heterocycles. The van der Waals surface area contributed by atoms with Crippen LogP contribution in [0.3, 0.4) is 0 Å². The molecular formula is C21H41N3O. The van der Waals surface area contributed by atoms with Gasteiger partial charge in [-0.25, -0.2) is 0 Å². The van der Waals surface area contributed by atoms with Crippen molar-refractivity contribution >= 4 is 11.9 Å². The molecule has 146 valence electrons. The second-order valence-electron chi connectivity index (χ2n) is 7.41. The quantitative estimate of drug-likeness (QED) is 0.370. The highest BCUT2D eigenvalue weighted by molar-refractivity contribution is 5.97. The molecule has 1 amide bonds. The normalized spacial score (nSPS) is 13.6. The minimum absolute atomic E-state index is 0.0999. The van der Waals surface area contributed by atoms with Crippen molar-refractivity contribution in [2.24, 2.45) is 4.99 Å². The van der Waals surface area contributed by atoms with E-state index in [1.807, 2.05) is 0 Å². The fourth-order valence-electron chi connectivity index (χ4n) is 3.33. The number of carbonyl (C=O) groups excluding carboxylic acids is 1. The van der Waals surface area contributed by atoms with Crippen molar-refractivity contribution < 1.29 is 4.79 Å². The van der Waals surface area contributed by atoms with Gasteiger partial charge in [0.15, 0.2) is 5.96 Å². The molecule has 0 saturated carbocycles. The van der Waals surface area contributed by atoms with Gasteiger partial charge >= 0.3 is 0 Å². The Morgan fingerprint density at radius 1 is 0.840 bits per heavy atom. The molecule has 4 heteroatoms. The van der Waals surface area contributed by atoms with Gasteiger partial charge < -0.3 is 5.32 Å². The summed E-state index contributed by atoms with van der Waals surface area (Å²) in [5.74, 6) is 0.758. The first-order valence-corrected chi connectivity index (χ1v) is 10.9. The predicted molar refractivity (Wildman–Crippen MR) is 108 cm³/mol. The van der Waals surface area contributed by atoms with Crippen LogP contribution in [0.15, 0.2) is 4.99 Å². The van der Waals surface area contributed by atoms with E-state index in [1.165, 1.54) is 89.9 Å². The largest absolute Gasteiger partial charge is 0.354 e. The number of aliphatic imine (C=N–C) groups is 1. The summed E-state index contributed by atoms with van der Waals surface area (Å²) in [4.78, 5) is 15.9. The zero-order valence-electron chi connectivity index (χ0n) is 16.6. The number of nitrogens with one attached hydrogen (secondary N) is 2. The lowest BCUT2D eigenvalue weighted by Crippen LogP contribution is -2.37. The molecule has 4 nitrogen and oxygen atoms in total. The third-order valence-corrected chi connectivity index (χ3v) is 4.94. The van der Waals surface area contributed by atoms with Gasteiger partial charge in [0.1, 0.15) is 0 Å². The first-order valence-electron chi connectivity index (χ1n) is 10.9. The first kappa shape index (κ1) is 22.0. The Hall–Kier alpha value is -1.06. The fraction of sp³-hybridized carbons (Fsp3) is 0.905. The van der Waals surface area contributed by atoms with Crippen molar-refractivity contribution in [3.63, 3.8) is 0 Å². The zero-order valence-corrected chi connectivity index (χ0v) is 16.6. The smallest absolute Gasteiger partial charge is 0.226 e. The first-order chi connectivity index (χ1) is 12.3. The van der Waals surface area contributed by atoms with Crippen molar-refractivity contribution in [2.75, 3.05) is 13.1 Å². The lowest BCUT2D eigenvalue weighted by atomic mass is 10.0. The Kier molecular flexibility index (Phi) is 14.4. The maximum Gasteiger partial charge on any atom is 0.226 e. The summed E-state index contributed by atoms with van der Waals surface area (Å²) in [5, 5.41) is 5.89. The summed E-state index contributed by atoms with van der Waals surface area (Å²) >= 11 is 0. The van der Waals surface area contributed by atoms with Gasteiger partial charge in [-0.3, -0.25) is 15.1 Å². The van der Waals surface area contributed by atoms with E-state index in [0.29, 0.717) is 12.4 Å². The average Bonchev–Trinajstić information content (AvgIpc) is 3.11. The summed E-state index contributed by atoms with van der Waals surface area (Å²) in [6, 6.07) is 0. The average molecular weight is 352 g/mol. The van der Waals surface area contributed by atoms with Gasteiger partial charge in [-0.1, -0.05) is 96.8 Å². The third kappa shape index (κ3) is 13.9. The van der Waals surface area contributed by atoms with Crippen LogP contribution in [0.1, 0.15) is 110 Å². The second kappa shape index (κ2) is 16.4. The van der Waals surface area contributed by atoms with E-state index in [4.69, 9.17) is 0 Å². The van der Waals surface area contributed by atoms with Crippen molar-refractivity contribution in [2.45, 2.75) is 110 Å². The second-order valence-corrected chi connectivity index (χ2v) is 7.41. The van der Waals surface area contributed by atoms with E-state index in [1.54, 1.807) is 0 Å². The lowest BCUT2D eigenvalue weighted by molar-refractivity contribution is -0.119. The number of hydrogen-bond donors (Lipinski definition) is 2. The summed E-state index contributed by atoms with van der Waals surface area (Å²) < 4.78 is 0. The van der Waals surface area contributed by atoms with Crippen LogP contribution in [0.25, 0.3) is 0 Å². The van der Waals surface area contributed by atoms with Gasteiger partial charge in [-0.05, 0) is 6.42 Å². The van der Waals surface area contributed by atoms with Crippen LogP contribution in [0, 0.1) is 0 Å². The van der Waals surface area contributed by atoms with Crippen LogP contribution >= 0.6 is 0 Å². The third-order valence-electron chi connectivity index (χ3n) is 4.94. The number of nitrogens with zero attached hydrogens (tertiary/aromatic N) is 1. The van der Waals surface area contributed by atoms with Crippen LogP contribution < -0.4 is 10.6 Å². The van der Waals surface area contributed by atoms with Crippen LogP contribution in [-0.2, 0) is 4.79 Å². The van der Waals surface area contributed by atoms with Crippen LogP contribution in [-0.4, -0.2) is 25.0 Å². The molecule has 2 N–H and O–H groups in total. The Morgan fingerprint density at radius 3 is 1.76 bits per heavy atom. The van der Waals surface area contributed by atoms with Crippen LogP contribution in [0.5, 0.6) is 0 Å². The van der Waals surface area contributed by atoms with Gasteiger partial charge in [-0.2, -0.15) is 0 Å². The molecule has 0 aromatic heterocycles. The van der Waals surface area contributed by atoms with Gasteiger partial charge in [0.2, 0.25) is 5.91 Å². The minimum Gasteiger partial charge on any atom is -0.354 e. The van der Waals surface area contributed by atoms with E-state index in [2.05, 4.69) is 22.5 Å². The maximum absolute atomic E-state index is 11.7. The fourth-order valence-corrected chi connectivity index (χ4v) is 3.33. The summed E-state index contributed by atoms with van der Waals surface area (Å²) in [6.07, 6.45) is 20.9. The molecule has 1 heterocycles. The molecule has 0 radical (unpaired) electrons. The highest BCUT2D eigenvalue weighted by Crippen LogP contribution is 2.13. The number of hydrogen-bond acceptors (Lipinski definition) is 3. The van der Waals surface area contributed by atoms with Gasteiger partial charge in [0.25, 0.3) is 0 Å². The Labute approximate surface area is 155 Å². The number of guanidine groups is 1. The Balaban J connectivity index is 1.72. The predicted octanol–water partition coefficient (Wildman–Crippen LogP) is 5.32.